The van der Waals surface area contributed by atoms with Crippen LogP contribution in [0.25, 0.3) is 0 Å². The first-order valence-corrected chi connectivity index (χ1v) is 5.49. The number of aromatic nitrogens is 2. The van der Waals surface area contributed by atoms with Crippen LogP contribution in [0.4, 0.5) is 0 Å². The van der Waals surface area contributed by atoms with Crippen LogP contribution in [-0.4, -0.2) is 22.4 Å². The third-order valence-electron chi connectivity index (χ3n) is 3.05. The molecule has 1 aromatic rings. The fraction of sp³-hybridized carbons (Fsp3) is 0.727. The van der Waals surface area contributed by atoms with E-state index in [1.54, 1.807) is 0 Å². The molecule has 0 spiro atoms. The molecule has 3 heteroatoms. The van der Waals surface area contributed by atoms with E-state index < -0.39 is 0 Å². The highest BCUT2D eigenvalue weighted by molar-refractivity contribution is 4.96. The molecule has 1 saturated carbocycles. The van der Waals surface area contributed by atoms with Crippen LogP contribution >= 0.6 is 0 Å². The minimum Gasteiger partial charge on any atom is -0.312 e. The van der Waals surface area contributed by atoms with Gasteiger partial charge < -0.3 is 5.32 Å². The maximum absolute atomic E-state index is 4.25. The van der Waals surface area contributed by atoms with Crippen molar-refractivity contribution in [1.29, 1.82) is 0 Å². The van der Waals surface area contributed by atoms with E-state index in [0.717, 1.165) is 19.0 Å². The Balaban J connectivity index is 1.69. The van der Waals surface area contributed by atoms with Crippen LogP contribution in [0.3, 0.4) is 0 Å². The number of hydrogen-bond donors (Lipinski definition) is 1. The standard InChI is InChI=1S/C11H19N3/c1-9-5-6-13-14(9)8-7-12-10(2)11-3-4-11/h5-6,10-12H,3-4,7-8H2,1-2H3. The molecule has 1 fully saturated rings. The van der Waals surface area contributed by atoms with E-state index >= 15 is 0 Å². The third-order valence-corrected chi connectivity index (χ3v) is 3.05. The van der Waals surface area contributed by atoms with Gasteiger partial charge in [-0.15, -0.1) is 0 Å². The molecule has 0 radical (unpaired) electrons. The Bertz CT molecular complexity index is 288. The summed E-state index contributed by atoms with van der Waals surface area (Å²) in [5.74, 6) is 0.939. The fourth-order valence-corrected chi connectivity index (χ4v) is 1.79. The molecule has 1 atom stereocenters. The van der Waals surface area contributed by atoms with Gasteiger partial charge in [0.1, 0.15) is 0 Å². The predicted octanol–water partition coefficient (Wildman–Crippen LogP) is 1.58. The van der Waals surface area contributed by atoms with Crippen molar-refractivity contribution < 1.29 is 0 Å². The summed E-state index contributed by atoms with van der Waals surface area (Å²) >= 11 is 0. The SMILES string of the molecule is Cc1ccnn1CCNC(C)C1CC1. The van der Waals surface area contributed by atoms with E-state index in [1.807, 2.05) is 16.9 Å². The molecule has 78 valence electrons. The van der Waals surface area contributed by atoms with Crippen LogP contribution in [0.15, 0.2) is 12.3 Å². The van der Waals surface area contributed by atoms with Crippen LogP contribution in [0.1, 0.15) is 25.5 Å². The zero-order valence-corrected chi connectivity index (χ0v) is 9.03. The van der Waals surface area contributed by atoms with E-state index in [1.165, 1.54) is 18.5 Å². The third kappa shape index (κ3) is 2.35. The van der Waals surface area contributed by atoms with Crippen molar-refractivity contribution in [1.82, 2.24) is 15.1 Å². The minimum absolute atomic E-state index is 0.686. The lowest BCUT2D eigenvalue weighted by molar-refractivity contribution is 0.459. The number of hydrogen-bond acceptors (Lipinski definition) is 2. The summed E-state index contributed by atoms with van der Waals surface area (Å²) in [6.45, 7) is 6.39. The monoisotopic (exact) mass is 193 g/mol. The Morgan fingerprint density at radius 3 is 3.00 bits per heavy atom. The summed E-state index contributed by atoms with van der Waals surface area (Å²) in [5.41, 5.74) is 1.24. The summed E-state index contributed by atoms with van der Waals surface area (Å²) in [4.78, 5) is 0. The molecule has 1 aromatic heterocycles. The molecular weight excluding hydrogens is 174 g/mol. The average Bonchev–Trinajstić information content (AvgIpc) is 2.93. The first-order chi connectivity index (χ1) is 6.77. The fourth-order valence-electron chi connectivity index (χ4n) is 1.79. The first kappa shape index (κ1) is 9.71. The van der Waals surface area contributed by atoms with Crippen LogP contribution in [0.5, 0.6) is 0 Å². The molecule has 1 N–H and O–H groups in total. The lowest BCUT2D eigenvalue weighted by Gasteiger charge is -2.12. The molecule has 0 amide bonds. The molecule has 0 aliphatic heterocycles. The van der Waals surface area contributed by atoms with Gasteiger partial charge in [0.2, 0.25) is 0 Å². The van der Waals surface area contributed by atoms with Crippen molar-refractivity contribution in [2.24, 2.45) is 5.92 Å². The average molecular weight is 193 g/mol. The van der Waals surface area contributed by atoms with Crippen LogP contribution < -0.4 is 5.32 Å². The van der Waals surface area contributed by atoms with Crippen LogP contribution in [0, 0.1) is 12.8 Å². The van der Waals surface area contributed by atoms with Crippen molar-refractivity contribution in [2.45, 2.75) is 39.3 Å². The van der Waals surface area contributed by atoms with E-state index in [-0.39, 0.29) is 0 Å². The molecule has 2 rings (SSSR count). The largest absolute Gasteiger partial charge is 0.312 e. The molecule has 3 nitrogen and oxygen atoms in total. The molecule has 14 heavy (non-hydrogen) atoms. The highest BCUT2D eigenvalue weighted by Crippen LogP contribution is 2.32. The Labute approximate surface area is 85.5 Å². The van der Waals surface area contributed by atoms with Gasteiger partial charge >= 0.3 is 0 Å². The quantitative estimate of drug-likeness (QED) is 0.769. The molecule has 1 unspecified atom stereocenters. The van der Waals surface area contributed by atoms with Gasteiger partial charge in [0.25, 0.3) is 0 Å². The Hall–Kier alpha value is -0.830. The summed E-state index contributed by atoms with van der Waals surface area (Å²) in [6, 6.07) is 2.73. The molecule has 0 bridgehead atoms. The zero-order chi connectivity index (χ0) is 9.97. The molecule has 1 aliphatic carbocycles. The highest BCUT2D eigenvalue weighted by atomic mass is 15.3. The Morgan fingerprint density at radius 1 is 1.64 bits per heavy atom. The summed E-state index contributed by atoms with van der Waals surface area (Å²) in [5, 5.41) is 7.80. The van der Waals surface area contributed by atoms with E-state index in [4.69, 9.17) is 0 Å². The summed E-state index contributed by atoms with van der Waals surface area (Å²) in [7, 11) is 0. The van der Waals surface area contributed by atoms with Crippen molar-refractivity contribution >= 4 is 0 Å². The molecule has 0 saturated heterocycles. The van der Waals surface area contributed by atoms with Crippen molar-refractivity contribution in [3.8, 4) is 0 Å². The molecular formula is C11H19N3. The zero-order valence-electron chi connectivity index (χ0n) is 9.03. The van der Waals surface area contributed by atoms with Gasteiger partial charge in [0.05, 0.1) is 6.54 Å². The first-order valence-electron chi connectivity index (χ1n) is 5.49. The number of nitrogens with one attached hydrogen (secondary N) is 1. The lowest BCUT2D eigenvalue weighted by atomic mass is 10.2. The number of nitrogens with zero attached hydrogens (tertiary/aromatic N) is 2. The number of rotatable bonds is 5. The lowest BCUT2D eigenvalue weighted by Crippen LogP contribution is -2.31. The van der Waals surface area contributed by atoms with Gasteiger partial charge in [-0.25, -0.2) is 0 Å². The second kappa shape index (κ2) is 4.13. The van der Waals surface area contributed by atoms with Crippen molar-refractivity contribution in [2.75, 3.05) is 6.54 Å². The summed E-state index contributed by atoms with van der Waals surface area (Å²) < 4.78 is 2.05. The van der Waals surface area contributed by atoms with Gasteiger partial charge in [0.15, 0.2) is 0 Å². The Morgan fingerprint density at radius 2 is 2.43 bits per heavy atom. The Kier molecular flexibility index (Phi) is 2.87. The van der Waals surface area contributed by atoms with Crippen LogP contribution in [0.2, 0.25) is 0 Å². The molecule has 1 aliphatic rings. The van der Waals surface area contributed by atoms with E-state index in [0.29, 0.717) is 6.04 Å². The number of aryl methyl sites for hydroxylation is 1. The topological polar surface area (TPSA) is 29.9 Å². The van der Waals surface area contributed by atoms with E-state index in [2.05, 4.69) is 24.3 Å². The van der Waals surface area contributed by atoms with Gasteiger partial charge in [-0.3, -0.25) is 4.68 Å². The van der Waals surface area contributed by atoms with E-state index in [9.17, 15) is 0 Å². The maximum atomic E-state index is 4.25. The van der Waals surface area contributed by atoms with Crippen molar-refractivity contribution in [3.05, 3.63) is 18.0 Å². The van der Waals surface area contributed by atoms with Gasteiger partial charge in [-0.1, -0.05) is 0 Å². The predicted molar refractivity (Wildman–Crippen MR) is 57.2 cm³/mol. The smallest absolute Gasteiger partial charge is 0.0537 e. The van der Waals surface area contributed by atoms with Gasteiger partial charge in [-0.2, -0.15) is 5.10 Å². The van der Waals surface area contributed by atoms with Crippen molar-refractivity contribution in [3.63, 3.8) is 0 Å². The normalized spacial score (nSPS) is 18.4. The maximum Gasteiger partial charge on any atom is 0.0537 e. The van der Waals surface area contributed by atoms with Crippen LogP contribution in [-0.2, 0) is 6.54 Å². The molecule has 1 heterocycles. The second-order valence-corrected chi connectivity index (χ2v) is 4.28. The summed E-state index contributed by atoms with van der Waals surface area (Å²) in [6.07, 6.45) is 4.68. The van der Waals surface area contributed by atoms with Gasteiger partial charge in [0, 0.05) is 24.5 Å². The minimum atomic E-state index is 0.686. The second-order valence-electron chi connectivity index (χ2n) is 4.28. The molecule has 0 aromatic carbocycles. The van der Waals surface area contributed by atoms with Gasteiger partial charge in [-0.05, 0) is 38.7 Å². The highest BCUT2D eigenvalue weighted by Gasteiger charge is 2.27.